The van der Waals surface area contributed by atoms with E-state index < -0.39 is 6.04 Å². The molecule has 1 saturated heterocycles. The summed E-state index contributed by atoms with van der Waals surface area (Å²) in [7, 11) is 3.98. The number of carbonyl (C=O) groups is 1. The Bertz CT molecular complexity index is 1150. The van der Waals surface area contributed by atoms with Crippen molar-refractivity contribution in [3.8, 4) is 5.75 Å². The van der Waals surface area contributed by atoms with Crippen molar-refractivity contribution in [3.05, 3.63) is 94.5 Å². The van der Waals surface area contributed by atoms with Crippen LogP contribution in [0.25, 0.3) is 0 Å². The zero-order valence-electron chi connectivity index (χ0n) is 19.2. The fourth-order valence-electron chi connectivity index (χ4n) is 3.65. The smallest absolute Gasteiger partial charge is 0.258 e. The molecule has 3 aromatic rings. The van der Waals surface area contributed by atoms with Gasteiger partial charge in [-0.1, -0.05) is 54.1 Å². The molecule has 0 aromatic heterocycles. The van der Waals surface area contributed by atoms with Gasteiger partial charge >= 0.3 is 0 Å². The van der Waals surface area contributed by atoms with Gasteiger partial charge in [0.05, 0.1) is 6.21 Å². The lowest BCUT2D eigenvalue weighted by molar-refractivity contribution is -0.122. The number of amides is 1. The summed E-state index contributed by atoms with van der Waals surface area (Å²) in [6.07, 6.45) is 2.23. The molecule has 4 rings (SSSR count). The molecule has 0 aliphatic carbocycles. The van der Waals surface area contributed by atoms with Gasteiger partial charge in [0.25, 0.3) is 5.91 Å². The van der Waals surface area contributed by atoms with Gasteiger partial charge in [0.15, 0.2) is 0 Å². The van der Waals surface area contributed by atoms with Crippen LogP contribution in [0.1, 0.15) is 29.2 Å². The third kappa shape index (κ3) is 6.14. The predicted molar refractivity (Wildman–Crippen MR) is 136 cm³/mol. The molecule has 3 aromatic carbocycles. The minimum absolute atomic E-state index is 0.0258. The highest BCUT2D eigenvalue weighted by atomic mass is 35.5. The fraction of sp³-hybridized carbons (Fsp3) is 0.231. The Kier molecular flexibility index (Phi) is 7.80. The SMILES string of the molecule is CN(C)c1ccc(/C=N/NC(=O)C2CC(c3cccc(OCc4ccccc4Cl)c3)NN2)cc1. The highest BCUT2D eigenvalue weighted by Crippen LogP contribution is 2.26. The molecule has 176 valence electrons. The molecule has 2 unspecified atom stereocenters. The van der Waals surface area contributed by atoms with Crippen LogP contribution in [0.4, 0.5) is 5.69 Å². The molecule has 0 spiro atoms. The molecule has 0 saturated carbocycles. The molecule has 3 N–H and O–H groups in total. The largest absolute Gasteiger partial charge is 0.489 e. The summed E-state index contributed by atoms with van der Waals surface area (Å²) < 4.78 is 5.93. The number of hydrazine groups is 1. The van der Waals surface area contributed by atoms with E-state index in [1.54, 1.807) is 6.21 Å². The molecule has 0 radical (unpaired) electrons. The van der Waals surface area contributed by atoms with Crippen LogP contribution in [0, 0.1) is 0 Å². The lowest BCUT2D eigenvalue weighted by Crippen LogP contribution is -2.41. The zero-order chi connectivity index (χ0) is 23.9. The van der Waals surface area contributed by atoms with E-state index >= 15 is 0 Å². The van der Waals surface area contributed by atoms with Gasteiger partial charge in [0.1, 0.15) is 18.4 Å². The molecule has 0 bridgehead atoms. The van der Waals surface area contributed by atoms with Crippen molar-refractivity contribution in [2.75, 3.05) is 19.0 Å². The lowest BCUT2D eigenvalue weighted by atomic mass is 10.0. The van der Waals surface area contributed by atoms with E-state index in [1.165, 1.54) is 0 Å². The van der Waals surface area contributed by atoms with Crippen LogP contribution < -0.4 is 25.9 Å². The molecular weight excluding hydrogens is 450 g/mol. The third-order valence-electron chi connectivity index (χ3n) is 5.63. The highest BCUT2D eigenvalue weighted by Gasteiger charge is 2.30. The normalized spacial score (nSPS) is 17.6. The van der Waals surface area contributed by atoms with Crippen molar-refractivity contribution in [3.63, 3.8) is 0 Å². The summed E-state index contributed by atoms with van der Waals surface area (Å²) >= 11 is 6.21. The number of carbonyl (C=O) groups excluding carboxylic acids is 1. The number of hydrazone groups is 1. The molecule has 1 heterocycles. The quantitative estimate of drug-likeness (QED) is 0.337. The standard InChI is InChI=1S/C26H28ClN5O2/c1-32(2)21-12-10-18(11-13-21)16-28-31-26(33)25-15-24(29-30-25)19-7-5-8-22(14-19)34-17-20-6-3-4-9-23(20)27/h3-14,16,24-25,29-30H,15,17H2,1-2H3,(H,31,33)/b28-16+. The Morgan fingerprint density at radius 3 is 2.68 bits per heavy atom. The van der Waals surface area contributed by atoms with Gasteiger partial charge < -0.3 is 9.64 Å². The summed E-state index contributed by atoms with van der Waals surface area (Å²) in [5.41, 5.74) is 12.9. The van der Waals surface area contributed by atoms with E-state index in [2.05, 4.69) is 21.4 Å². The molecule has 34 heavy (non-hydrogen) atoms. The first kappa shape index (κ1) is 23.8. The van der Waals surface area contributed by atoms with Gasteiger partial charge in [-0.3, -0.25) is 4.79 Å². The molecule has 1 aliphatic heterocycles. The summed E-state index contributed by atoms with van der Waals surface area (Å²) in [5, 5.41) is 4.78. The Morgan fingerprint density at radius 1 is 1.12 bits per heavy atom. The number of rotatable bonds is 8. The third-order valence-corrected chi connectivity index (χ3v) is 6.00. The summed E-state index contributed by atoms with van der Waals surface area (Å²) in [5.74, 6) is 0.555. The number of ether oxygens (including phenoxy) is 1. The Hall–Kier alpha value is -3.39. The van der Waals surface area contributed by atoms with Crippen molar-refractivity contribution < 1.29 is 9.53 Å². The number of nitrogens with one attached hydrogen (secondary N) is 3. The maximum Gasteiger partial charge on any atom is 0.258 e. The van der Waals surface area contributed by atoms with Crippen LogP contribution in [0.5, 0.6) is 5.75 Å². The Balaban J connectivity index is 1.29. The first-order chi connectivity index (χ1) is 16.5. The van der Waals surface area contributed by atoms with E-state index in [0.29, 0.717) is 18.1 Å². The summed E-state index contributed by atoms with van der Waals surface area (Å²) in [6.45, 7) is 0.389. The molecule has 8 heteroatoms. The zero-order valence-corrected chi connectivity index (χ0v) is 19.9. The average molecular weight is 478 g/mol. The number of hydrogen-bond acceptors (Lipinski definition) is 6. The van der Waals surface area contributed by atoms with Crippen LogP contribution in [-0.2, 0) is 11.4 Å². The van der Waals surface area contributed by atoms with E-state index in [1.807, 2.05) is 91.8 Å². The van der Waals surface area contributed by atoms with Gasteiger partial charge in [-0.05, 0) is 47.9 Å². The van der Waals surface area contributed by atoms with Crippen LogP contribution in [-0.4, -0.2) is 32.3 Å². The summed E-state index contributed by atoms with van der Waals surface area (Å²) in [4.78, 5) is 14.6. The van der Waals surface area contributed by atoms with Crippen molar-refractivity contribution in [1.29, 1.82) is 0 Å². The molecule has 1 aliphatic rings. The number of nitrogens with zero attached hydrogens (tertiary/aromatic N) is 2. The monoisotopic (exact) mass is 477 g/mol. The summed E-state index contributed by atoms with van der Waals surface area (Å²) in [6, 6.07) is 23.0. The second kappa shape index (κ2) is 11.2. The van der Waals surface area contributed by atoms with E-state index in [4.69, 9.17) is 16.3 Å². The second-order valence-corrected chi connectivity index (χ2v) is 8.71. The predicted octanol–water partition coefficient (Wildman–Crippen LogP) is 4.04. The Morgan fingerprint density at radius 2 is 1.91 bits per heavy atom. The highest BCUT2D eigenvalue weighted by molar-refractivity contribution is 6.31. The van der Waals surface area contributed by atoms with E-state index in [9.17, 15) is 4.79 Å². The van der Waals surface area contributed by atoms with Crippen LogP contribution in [0.3, 0.4) is 0 Å². The fourth-order valence-corrected chi connectivity index (χ4v) is 3.84. The van der Waals surface area contributed by atoms with Gasteiger partial charge in [0.2, 0.25) is 0 Å². The molecular formula is C26H28ClN5O2. The second-order valence-electron chi connectivity index (χ2n) is 8.30. The number of halogens is 1. The van der Waals surface area contributed by atoms with Gasteiger partial charge in [0, 0.05) is 36.4 Å². The maximum atomic E-state index is 12.5. The molecule has 2 atom stereocenters. The first-order valence-electron chi connectivity index (χ1n) is 11.1. The average Bonchev–Trinajstić information content (AvgIpc) is 3.35. The first-order valence-corrected chi connectivity index (χ1v) is 11.4. The molecule has 7 nitrogen and oxygen atoms in total. The van der Waals surface area contributed by atoms with Crippen molar-refractivity contribution in [1.82, 2.24) is 16.3 Å². The van der Waals surface area contributed by atoms with Crippen molar-refractivity contribution in [2.45, 2.75) is 25.1 Å². The van der Waals surface area contributed by atoms with Gasteiger partial charge in [-0.2, -0.15) is 5.10 Å². The van der Waals surface area contributed by atoms with E-state index in [0.717, 1.165) is 28.1 Å². The van der Waals surface area contributed by atoms with Crippen molar-refractivity contribution >= 4 is 29.4 Å². The number of anilines is 1. The number of hydrogen-bond donors (Lipinski definition) is 3. The van der Waals surface area contributed by atoms with Crippen LogP contribution >= 0.6 is 11.6 Å². The lowest BCUT2D eigenvalue weighted by Gasteiger charge is -2.13. The minimum Gasteiger partial charge on any atom is -0.489 e. The topological polar surface area (TPSA) is 78.0 Å². The van der Waals surface area contributed by atoms with Gasteiger partial charge in [-0.15, -0.1) is 0 Å². The van der Waals surface area contributed by atoms with Crippen molar-refractivity contribution in [2.24, 2.45) is 5.10 Å². The Labute approximate surface area is 204 Å². The molecule has 1 amide bonds. The molecule has 1 fully saturated rings. The van der Waals surface area contributed by atoms with Crippen LogP contribution in [0.2, 0.25) is 5.02 Å². The van der Waals surface area contributed by atoms with Crippen LogP contribution in [0.15, 0.2) is 77.9 Å². The van der Waals surface area contributed by atoms with Gasteiger partial charge in [-0.25, -0.2) is 16.3 Å². The minimum atomic E-state index is -0.397. The number of benzene rings is 3. The maximum absolute atomic E-state index is 12.5. The van der Waals surface area contributed by atoms with E-state index in [-0.39, 0.29) is 11.9 Å².